The fourth-order valence-electron chi connectivity index (χ4n) is 2.65. The van der Waals surface area contributed by atoms with Crippen molar-refractivity contribution in [2.24, 2.45) is 12.8 Å². The predicted molar refractivity (Wildman–Crippen MR) is 109 cm³/mol. The van der Waals surface area contributed by atoms with Crippen LogP contribution in [0.15, 0.2) is 59.8 Å². The summed E-state index contributed by atoms with van der Waals surface area (Å²) in [4.78, 5) is 24.0. The van der Waals surface area contributed by atoms with Crippen LogP contribution in [-0.4, -0.2) is 26.6 Å². The van der Waals surface area contributed by atoms with Crippen molar-refractivity contribution in [3.63, 3.8) is 0 Å². The van der Waals surface area contributed by atoms with Crippen LogP contribution in [0, 0.1) is 5.82 Å². The molecule has 1 aromatic heterocycles. The number of hydrogen-bond donors (Lipinski definition) is 2. The number of aryl methyl sites for hydroxylation is 1. The molecule has 2 amide bonds. The first-order valence-corrected chi connectivity index (χ1v) is 9.76. The second-order valence-electron chi connectivity index (χ2n) is 6.33. The van der Waals surface area contributed by atoms with Gasteiger partial charge in [0.05, 0.1) is 0 Å². The Morgan fingerprint density at radius 2 is 1.83 bits per heavy atom. The maximum absolute atomic E-state index is 13.1. The average Bonchev–Trinajstić information content (AvgIpc) is 3.06. The summed E-state index contributed by atoms with van der Waals surface area (Å²) in [7, 11) is 1.78. The summed E-state index contributed by atoms with van der Waals surface area (Å²) < 4.78 is 14.9. The average molecular weight is 413 g/mol. The molecule has 9 heteroatoms. The molecule has 1 atom stereocenters. The van der Waals surface area contributed by atoms with Gasteiger partial charge in [-0.25, -0.2) is 4.39 Å². The second-order valence-corrected chi connectivity index (χ2v) is 7.40. The molecular formula is C20H20FN5O2S. The minimum atomic E-state index is -0.604. The lowest BCUT2D eigenvalue weighted by Gasteiger charge is -2.16. The third-order valence-corrected chi connectivity index (χ3v) is 5.48. The van der Waals surface area contributed by atoms with Gasteiger partial charge in [-0.1, -0.05) is 42.1 Å². The molecule has 150 valence electrons. The number of primary amides is 1. The molecule has 0 unspecified atom stereocenters. The molecule has 0 spiro atoms. The van der Waals surface area contributed by atoms with Gasteiger partial charge < -0.3 is 15.6 Å². The van der Waals surface area contributed by atoms with Gasteiger partial charge in [-0.15, -0.1) is 10.2 Å². The third-order valence-electron chi connectivity index (χ3n) is 4.20. The lowest BCUT2D eigenvalue weighted by atomic mass is 10.1. The van der Waals surface area contributed by atoms with Crippen molar-refractivity contribution in [2.75, 3.05) is 5.32 Å². The fourth-order valence-corrected chi connectivity index (χ4v) is 3.67. The number of halogens is 1. The zero-order valence-corrected chi connectivity index (χ0v) is 16.5. The lowest BCUT2D eigenvalue weighted by Crippen LogP contribution is -2.19. The molecule has 29 heavy (non-hydrogen) atoms. The molecule has 3 N–H and O–H groups in total. The van der Waals surface area contributed by atoms with Crippen molar-refractivity contribution in [1.82, 2.24) is 14.8 Å². The van der Waals surface area contributed by atoms with E-state index in [1.807, 2.05) is 30.3 Å². The number of thioether (sulfide) groups is 1. The van der Waals surface area contributed by atoms with Crippen molar-refractivity contribution < 1.29 is 14.0 Å². The van der Waals surface area contributed by atoms with Gasteiger partial charge in [-0.05, 0) is 29.8 Å². The van der Waals surface area contributed by atoms with Crippen LogP contribution in [0.5, 0.6) is 0 Å². The maximum Gasteiger partial charge on any atom is 0.242 e. The summed E-state index contributed by atoms with van der Waals surface area (Å²) in [5.74, 6) is -0.450. The molecule has 7 nitrogen and oxygen atoms in total. The van der Waals surface area contributed by atoms with Gasteiger partial charge in [0, 0.05) is 25.6 Å². The lowest BCUT2D eigenvalue weighted by molar-refractivity contribution is -0.118. The van der Waals surface area contributed by atoms with Crippen molar-refractivity contribution in [1.29, 1.82) is 0 Å². The molecule has 0 bridgehead atoms. The van der Waals surface area contributed by atoms with Crippen molar-refractivity contribution in [3.05, 3.63) is 71.8 Å². The van der Waals surface area contributed by atoms with Crippen LogP contribution < -0.4 is 11.1 Å². The number of nitrogens with zero attached hydrogens (tertiary/aromatic N) is 3. The van der Waals surface area contributed by atoms with Crippen molar-refractivity contribution in [3.8, 4) is 0 Å². The van der Waals surface area contributed by atoms with Gasteiger partial charge in [0.1, 0.15) is 16.9 Å². The van der Waals surface area contributed by atoms with Gasteiger partial charge >= 0.3 is 0 Å². The van der Waals surface area contributed by atoms with Crippen LogP contribution in [0.3, 0.4) is 0 Å². The fraction of sp³-hybridized carbons (Fsp3) is 0.200. The summed E-state index contributed by atoms with van der Waals surface area (Å²) in [6.07, 6.45) is 0.543. The number of rotatable bonds is 8. The highest BCUT2D eigenvalue weighted by Crippen LogP contribution is 2.35. The van der Waals surface area contributed by atoms with E-state index in [-0.39, 0.29) is 18.1 Å². The summed E-state index contributed by atoms with van der Waals surface area (Å²) >= 11 is 1.24. The Balaban J connectivity index is 1.82. The van der Waals surface area contributed by atoms with E-state index in [0.29, 0.717) is 23.1 Å². The highest BCUT2D eigenvalue weighted by Gasteiger charge is 2.25. The number of carbonyl (C=O) groups excluding carboxylic acids is 2. The highest BCUT2D eigenvalue weighted by atomic mass is 32.2. The smallest absolute Gasteiger partial charge is 0.242 e. The number of nitrogens with two attached hydrogens (primary N) is 1. The molecule has 0 radical (unpaired) electrons. The van der Waals surface area contributed by atoms with Gasteiger partial charge in [0.15, 0.2) is 5.16 Å². The van der Waals surface area contributed by atoms with E-state index >= 15 is 0 Å². The van der Waals surface area contributed by atoms with Crippen molar-refractivity contribution in [2.45, 2.75) is 23.2 Å². The Morgan fingerprint density at radius 1 is 1.14 bits per heavy atom. The summed E-state index contributed by atoms with van der Waals surface area (Å²) in [6, 6.07) is 14.9. The van der Waals surface area contributed by atoms with Crippen LogP contribution in [0.2, 0.25) is 0 Å². The van der Waals surface area contributed by atoms with Crippen LogP contribution in [0.25, 0.3) is 0 Å². The zero-order chi connectivity index (χ0) is 20.8. The van der Waals surface area contributed by atoms with E-state index in [9.17, 15) is 14.0 Å². The molecule has 0 aliphatic rings. The first kappa shape index (κ1) is 20.5. The monoisotopic (exact) mass is 413 g/mol. The van der Waals surface area contributed by atoms with Crippen LogP contribution in [-0.2, 0) is 23.1 Å². The Bertz CT molecular complexity index is 992. The SMILES string of the molecule is Cn1c(CCC(N)=O)nnc1S[C@@H](C(=O)Nc1ccc(F)cc1)c1ccccc1. The largest absolute Gasteiger partial charge is 0.370 e. The van der Waals surface area contributed by atoms with Crippen LogP contribution >= 0.6 is 11.8 Å². The minimum Gasteiger partial charge on any atom is -0.370 e. The van der Waals surface area contributed by atoms with E-state index in [1.54, 1.807) is 11.6 Å². The molecule has 3 rings (SSSR count). The van der Waals surface area contributed by atoms with E-state index in [0.717, 1.165) is 5.56 Å². The summed E-state index contributed by atoms with van der Waals surface area (Å²) in [5.41, 5.74) is 6.49. The summed E-state index contributed by atoms with van der Waals surface area (Å²) in [5, 5.41) is 11.0. The predicted octanol–water partition coefficient (Wildman–Crippen LogP) is 2.84. The number of aromatic nitrogens is 3. The second kappa shape index (κ2) is 9.33. The molecule has 3 aromatic rings. The third kappa shape index (κ3) is 5.41. The first-order chi connectivity index (χ1) is 13.9. The van der Waals surface area contributed by atoms with Crippen LogP contribution in [0.4, 0.5) is 10.1 Å². The number of benzene rings is 2. The van der Waals surface area contributed by atoms with E-state index in [1.165, 1.54) is 36.0 Å². The number of nitrogens with one attached hydrogen (secondary N) is 1. The molecule has 0 fully saturated rings. The zero-order valence-electron chi connectivity index (χ0n) is 15.7. The Kier molecular flexibility index (Phi) is 6.61. The van der Waals surface area contributed by atoms with Gasteiger partial charge in [-0.3, -0.25) is 9.59 Å². The Hall–Kier alpha value is -3.20. The normalized spacial score (nSPS) is 11.8. The van der Waals surface area contributed by atoms with E-state index in [2.05, 4.69) is 15.5 Å². The van der Waals surface area contributed by atoms with Gasteiger partial charge in [-0.2, -0.15) is 0 Å². The standard InChI is InChI=1S/C20H20FN5O2S/c1-26-17(12-11-16(22)27)24-25-20(26)29-18(13-5-3-2-4-6-13)19(28)23-15-9-7-14(21)8-10-15/h2-10,18H,11-12H2,1H3,(H2,22,27)(H,23,28)/t18-/m1/s1. The molecule has 1 heterocycles. The quantitative estimate of drug-likeness (QED) is 0.553. The number of amides is 2. The number of carbonyl (C=O) groups is 2. The number of anilines is 1. The highest BCUT2D eigenvalue weighted by molar-refractivity contribution is 8.00. The molecule has 0 aliphatic heterocycles. The topological polar surface area (TPSA) is 103 Å². The molecule has 0 saturated heterocycles. The maximum atomic E-state index is 13.1. The molecule has 2 aromatic carbocycles. The van der Waals surface area contributed by atoms with E-state index in [4.69, 9.17) is 5.73 Å². The Labute approximate surface area is 171 Å². The van der Waals surface area contributed by atoms with Gasteiger partial charge in [0.2, 0.25) is 11.8 Å². The summed E-state index contributed by atoms with van der Waals surface area (Å²) in [6.45, 7) is 0. The first-order valence-electron chi connectivity index (χ1n) is 8.88. The minimum absolute atomic E-state index is 0.170. The molecule has 0 aliphatic carbocycles. The van der Waals surface area contributed by atoms with E-state index < -0.39 is 11.2 Å². The van der Waals surface area contributed by atoms with Crippen LogP contribution in [0.1, 0.15) is 23.1 Å². The molecular weight excluding hydrogens is 393 g/mol. The molecule has 0 saturated carbocycles. The van der Waals surface area contributed by atoms with Crippen molar-refractivity contribution >= 4 is 29.3 Å². The Morgan fingerprint density at radius 3 is 2.48 bits per heavy atom. The van der Waals surface area contributed by atoms with Gasteiger partial charge in [0.25, 0.3) is 0 Å². The number of hydrogen-bond acceptors (Lipinski definition) is 5.